The number of hydrogen-bond donors (Lipinski definition) is 3. The van der Waals surface area contributed by atoms with Gasteiger partial charge in [-0.1, -0.05) is 41.9 Å². The summed E-state index contributed by atoms with van der Waals surface area (Å²) in [6.45, 7) is 0.829. The van der Waals surface area contributed by atoms with Crippen molar-refractivity contribution in [1.29, 1.82) is 0 Å². The molecule has 0 aliphatic heterocycles. The molecule has 0 saturated heterocycles. The van der Waals surface area contributed by atoms with E-state index in [0.717, 1.165) is 11.1 Å². The van der Waals surface area contributed by atoms with Crippen molar-refractivity contribution in [1.82, 2.24) is 0 Å². The quantitative estimate of drug-likeness (QED) is 0.621. The van der Waals surface area contributed by atoms with E-state index in [4.69, 9.17) is 32.3 Å². The van der Waals surface area contributed by atoms with Crippen molar-refractivity contribution in [2.24, 2.45) is 5.73 Å². The largest absolute Gasteiger partial charge is 0.478 e. The van der Waals surface area contributed by atoms with Gasteiger partial charge < -0.3 is 20.7 Å². The van der Waals surface area contributed by atoms with E-state index in [1.165, 1.54) is 12.1 Å². The van der Waals surface area contributed by atoms with Gasteiger partial charge in [0, 0.05) is 29.3 Å². The van der Waals surface area contributed by atoms with Gasteiger partial charge in [-0.25, -0.2) is 14.0 Å². The molecule has 0 aliphatic rings. The van der Waals surface area contributed by atoms with Crippen LogP contribution in [0.15, 0.2) is 60.7 Å². The molecule has 0 aliphatic carbocycles. The number of carboxylic acids is 2. The molecule has 0 spiro atoms. The molecular formula is C19H19ClFNO5. The van der Waals surface area contributed by atoms with Crippen LogP contribution in [0.2, 0.25) is 5.02 Å². The lowest BCUT2D eigenvalue weighted by Crippen LogP contribution is -2.14. The summed E-state index contributed by atoms with van der Waals surface area (Å²) in [6, 6.07) is 13.7. The Hall–Kier alpha value is -2.74. The summed E-state index contributed by atoms with van der Waals surface area (Å²) in [4.78, 5) is 19.1. The molecule has 1 atom stereocenters. The number of rotatable bonds is 7. The molecule has 0 amide bonds. The van der Waals surface area contributed by atoms with Crippen molar-refractivity contribution in [3.05, 3.63) is 82.6 Å². The van der Waals surface area contributed by atoms with E-state index in [1.54, 1.807) is 18.2 Å². The van der Waals surface area contributed by atoms with Gasteiger partial charge in [-0.3, -0.25) is 0 Å². The summed E-state index contributed by atoms with van der Waals surface area (Å²) < 4.78 is 18.7. The van der Waals surface area contributed by atoms with Crippen LogP contribution in [0.3, 0.4) is 0 Å². The lowest BCUT2D eigenvalue weighted by molar-refractivity contribution is -0.134. The van der Waals surface area contributed by atoms with E-state index in [1.807, 2.05) is 18.2 Å². The second-order valence-electron chi connectivity index (χ2n) is 5.12. The first-order chi connectivity index (χ1) is 12.8. The SMILES string of the molecule is NCCOC(c1ccc(F)cc1)c1ccccc1Cl.O=C(O)/C=C\C(=O)O. The maximum Gasteiger partial charge on any atom is 0.328 e. The van der Waals surface area contributed by atoms with Gasteiger partial charge in [0.2, 0.25) is 0 Å². The van der Waals surface area contributed by atoms with Crippen LogP contribution in [0.25, 0.3) is 0 Å². The van der Waals surface area contributed by atoms with Crippen LogP contribution >= 0.6 is 11.6 Å². The van der Waals surface area contributed by atoms with Gasteiger partial charge in [-0.05, 0) is 23.8 Å². The minimum Gasteiger partial charge on any atom is -0.478 e. The van der Waals surface area contributed by atoms with Crippen LogP contribution in [-0.2, 0) is 14.3 Å². The summed E-state index contributed by atoms with van der Waals surface area (Å²) in [5, 5.41) is 16.2. The minimum absolute atomic E-state index is 0.277. The molecule has 0 radical (unpaired) electrons. The Labute approximate surface area is 160 Å². The molecule has 4 N–H and O–H groups in total. The van der Waals surface area contributed by atoms with Crippen LogP contribution in [0.4, 0.5) is 4.39 Å². The Kier molecular flexibility index (Phi) is 9.74. The predicted molar refractivity (Wildman–Crippen MR) is 99.1 cm³/mol. The van der Waals surface area contributed by atoms with Crippen LogP contribution in [0.5, 0.6) is 0 Å². The van der Waals surface area contributed by atoms with Crippen molar-refractivity contribution < 1.29 is 28.9 Å². The highest BCUT2D eigenvalue weighted by Gasteiger charge is 2.17. The second-order valence-corrected chi connectivity index (χ2v) is 5.53. The number of aliphatic carboxylic acids is 2. The minimum atomic E-state index is -1.26. The average Bonchev–Trinajstić information content (AvgIpc) is 2.63. The fourth-order valence-corrected chi connectivity index (χ4v) is 2.25. The second kappa shape index (κ2) is 11.8. The average molecular weight is 396 g/mol. The Morgan fingerprint density at radius 3 is 2.11 bits per heavy atom. The zero-order valence-electron chi connectivity index (χ0n) is 14.2. The van der Waals surface area contributed by atoms with E-state index in [9.17, 15) is 14.0 Å². The molecule has 2 rings (SSSR count). The summed E-state index contributed by atoms with van der Waals surface area (Å²) in [6.07, 6.45) is 0.780. The summed E-state index contributed by atoms with van der Waals surface area (Å²) >= 11 is 6.19. The standard InChI is InChI=1S/C15H15ClFNO.C4H4O4/c16-14-4-2-1-3-13(14)15(19-10-9-18)11-5-7-12(17)8-6-11;5-3(6)1-2-4(7)8/h1-8,15H,9-10,18H2;1-2H,(H,5,6)(H,7,8)/b;2-1-. The number of carboxylic acid groups (broad SMARTS) is 2. The third-order valence-electron chi connectivity index (χ3n) is 3.13. The molecule has 27 heavy (non-hydrogen) atoms. The molecule has 8 heteroatoms. The first-order valence-corrected chi connectivity index (χ1v) is 8.18. The molecule has 2 aromatic rings. The number of hydrogen-bond acceptors (Lipinski definition) is 4. The molecule has 0 bridgehead atoms. The van der Waals surface area contributed by atoms with Crippen LogP contribution in [0.1, 0.15) is 17.2 Å². The smallest absolute Gasteiger partial charge is 0.328 e. The van der Waals surface area contributed by atoms with Gasteiger partial charge in [0.15, 0.2) is 0 Å². The van der Waals surface area contributed by atoms with Crippen LogP contribution in [-0.4, -0.2) is 35.3 Å². The van der Waals surface area contributed by atoms with Gasteiger partial charge >= 0.3 is 11.9 Å². The number of benzene rings is 2. The normalized spacial score (nSPS) is 11.5. The van der Waals surface area contributed by atoms with Crippen molar-refractivity contribution in [2.45, 2.75) is 6.10 Å². The lowest BCUT2D eigenvalue weighted by atomic mass is 10.0. The van der Waals surface area contributed by atoms with Crippen molar-refractivity contribution in [3.8, 4) is 0 Å². The van der Waals surface area contributed by atoms with Crippen molar-refractivity contribution >= 4 is 23.5 Å². The third-order valence-corrected chi connectivity index (χ3v) is 3.48. The highest BCUT2D eigenvalue weighted by atomic mass is 35.5. The zero-order valence-corrected chi connectivity index (χ0v) is 15.0. The molecule has 0 heterocycles. The molecule has 0 fully saturated rings. The number of ether oxygens (including phenoxy) is 1. The van der Waals surface area contributed by atoms with E-state index < -0.39 is 11.9 Å². The molecule has 144 valence electrons. The molecule has 6 nitrogen and oxygen atoms in total. The molecular weight excluding hydrogens is 377 g/mol. The highest BCUT2D eigenvalue weighted by molar-refractivity contribution is 6.31. The number of carbonyl (C=O) groups is 2. The fraction of sp³-hybridized carbons (Fsp3) is 0.158. The molecule has 1 unspecified atom stereocenters. The maximum atomic E-state index is 13.0. The summed E-state index contributed by atoms with van der Waals surface area (Å²) in [7, 11) is 0. The van der Waals surface area contributed by atoms with E-state index in [0.29, 0.717) is 30.3 Å². The number of nitrogens with two attached hydrogens (primary N) is 1. The monoisotopic (exact) mass is 395 g/mol. The fourth-order valence-electron chi connectivity index (χ4n) is 2.02. The first-order valence-electron chi connectivity index (χ1n) is 7.80. The van der Waals surface area contributed by atoms with Gasteiger partial charge in [0.25, 0.3) is 0 Å². The topological polar surface area (TPSA) is 110 Å². The highest BCUT2D eigenvalue weighted by Crippen LogP contribution is 2.31. The van der Waals surface area contributed by atoms with Gasteiger partial charge in [0.05, 0.1) is 6.61 Å². The zero-order chi connectivity index (χ0) is 20.2. The van der Waals surface area contributed by atoms with Crippen molar-refractivity contribution in [2.75, 3.05) is 13.2 Å². The Balaban J connectivity index is 0.000000387. The van der Waals surface area contributed by atoms with Gasteiger partial charge in [-0.2, -0.15) is 0 Å². The third kappa shape index (κ3) is 8.46. The predicted octanol–water partition coefficient (Wildman–Crippen LogP) is 3.26. The van der Waals surface area contributed by atoms with Crippen molar-refractivity contribution in [3.63, 3.8) is 0 Å². The lowest BCUT2D eigenvalue weighted by Gasteiger charge is -2.19. The van der Waals surface area contributed by atoms with Crippen LogP contribution in [0, 0.1) is 5.82 Å². The summed E-state index contributed by atoms with van der Waals surface area (Å²) in [5.74, 6) is -2.79. The van der Waals surface area contributed by atoms with Gasteiger partial charge in [0.1, 0.15) is 11.9 Å². The van der Waals surface area contributed by atoms with E-state index in [2.05, 4.69) is 0 Å². The Morgan fingerprint density at radius 1 is 1.07 bits per heavy atom. The Morgan fingerprint density at radius 2 is 1.63 bits per heavy atom. The number of halogens is 2. The Bertz CT molecular complexity index is 764. The summed E-state index contributed by atoms with van der Waals surface area (Å²) in [5.41, 5.74) is 7.18. The molecule has 2 aromatic carbocycles. The van der Waals surface area contributed by atoms with E-state index in [-0.39, 0.29) is 11.9 Å². The maximum absolute atomic E-state index is 13.0. The van der Waals surface area contributed by atoms with Gasteiger partial charge in [-0.15, -0.1) is 0 Å². The molecule has 0 saturated carbocycles. The van der Waals surface area contributed by atoms with E-state index >= 15 is 0 Å². The molecule has 0 aromatic heterocycles. The first kappa shape index (κ1) is 22.3. The van der Waals surface area contributed by atoms with Crippen LogP contribution < -0.4 is 5.73 Å².